The molecule has 0 aliphatic rings. The van der Waals surface area contributed by atoms with Gasteiger partial charge in [-0.1, -0.05) is 48.5 Å². The van der Waals surface area contributed by atoms with Crippen LogP contribution in [-0.4, -0.2) is 15.4 Å². The largest absolute Gasteiger partial charge is 0.275 e. The van der Waals surface area contributed by atoms with Gasteiger partial charge in [0.2, 0.25) is 0 Å². The van der Waals surface area contributed by atoms with Gasteiger partial charge in [-0.3, -0.25) is 4.79 Å². The number of carbonyl (C=O) groups excluding carboxylic acids is 1. The van der Waals surface area contributed by atoms with E-state index in [0.717, 1.165) is 10.9 Å². The van der Waals surface area contributed by atoms with Gasteiger partial charge in [0.1, 0.15) is 5.69 Å². The van der Waals surface area contributed by atoms with E-state index in [1.165, 1.54) is 0 Å². The molecule has 1 heterocycles. The summed E-state index contributed by atoms with van der Waals surface area (Å²) in [5, 5.41) is 8.48. The van der Waals surface area contributed by atoms with Gasteiger partial charge in [0, 0.05) is 10.9 Å². The topological polar surface area (TPSA) is 42.9 Å². The molecule has 19 heavy (non-hydrogen) atoms. The van der Waals surface area contributed by atoms with Crippen LogP contribution in [0.25, 0.3) is 22.2 Å². The van der Waals surface area contributed by atoms with E-state index in [4.69, 9.17) is 11.6 Å². The van der Waals surface area contributed by atoms with Gasteiger partial charge in [0.15, 0.2) is 0 Å². The first kappa shape index (κ1) is 11.8. The van der Waals surface area contributed by atoms with Crippen LogP contribution >= 0.6 is 11.6 Å². The molecule has 0 spiro atoms. The van der Waals surface area contributed by atoms with Crippen molar-refractivity contribution >= 4 is 27.7 Å². The van der Waals surface area contributed by atoms with Gasteiger partial charge >= 0.3 is 0 Å². The second-order valence-electron chi connectivity index (χ2n) is 4.08. The molecule has 0 saturated heterocycles. The summed E-state index contributed by atoms with van der Waals surface area (Å²) >= 11 is 5.73. The van der Waals surface area contributed by atoms with Crippen molar-refractivity contribution in [2.75, 3.05) is 0 Å². The van der Waals surface area contributed by atoms with Crippen molar-refractivity contribution in [2.24, 2.45) is 0 Å². The highest BCUT2D eigenvalue weighted by Crippen LogP contribution is 2.27. The molecule has 0 amide bonds. The molecule has 0 N–H and O–H groups in total. The molecule has 2 aromatic carbocycles. The summed E-state index contributed by atoms with van der Waals surface area (Å²) in [5.74, 6) is 0. The van der Waals surface area contributed by atoms with Crippen LogP contribution < -0.4 is 0 Å². The maximum absolute atomic E-state index is 11.8. The third kappa shape index (κ3) is 2.09. The highest BCUT2D eigenvalue weighted by atomic mass is 35.5. The Balaban J connectivity index is 2.37. The molecular formula is C15H9ClN2O. The Kier molecular flexibility index (Phi) is 2.97. The summed E-state index contributed by atoms with van der Waals surface area (Å²) in [6.45, 7) is 0. The van der Waals surface area contributed by atoms with Crippen molar-refractivity contribution in [2.45, 2.75) is 0 Å². The van der Waals surface area contributed by atoms with Crippen LogP contribution in [0.4, 0.5) is 0 Å². The lowest BCUT2D eigenvalue weighted by Crippen LogP contribution is -2.01. The Morgan fingerprint density at radius 2 is 1.58 bits per heavy atom. The van der Waals surface area contributed by atoms with Crippen LogP contribution in [0.3, 0.4) is 0 Å². The van der Waals surface area contributed by atoms with Gasteiger partial charge in [-0.05, 0) is 17.7 Å². The number of nitrogens with zero attached hydrogens (tertiary/aromatic N) is 2. The summed E-state index contributed by atoms with van der Waals surface area (Å²) in [4.78, 5) is 11.8. The first-order chi connectivity index (χ1) is 9.27. The maximum Gasteiger partial charge on any atom is 0.255 e. The zero-order valence-electron chi connectivity index (χ0n) is 9.88. The Hall–Kier alpha value is -2.26. The lowest BCUT2D eigenvalue weighted by Gasteiger charge is -2.07. The standard InChI is InChI=1S/C15H9ClN2O/c16-15(19)13-11-8-4-5-9-12(11)17-18-14(13)10-6-2-1-3-7-10/h1-9H. The van der Waals surface area contributed by atoms with Gasteiger partial charge in [0.05, 0.1) is 11.1 Å². The van der Waals surface area contributed by atoms with Crippen molar-refractivity contribution in [1.82, 2.24) is 10.2 Å². The Labute approximate surface area is 114 Å². The Morgan fingerprint density at radius 3 is 2.32 bits per heavy atom. The average molecular weight is 269 g/mol. The molecule has 92 valence electrons. The number of benzene rings is 2. The maximum atomic E-state index is 11.8. The summed E-state index contributed by atoms with van der Waals surface area (Å²) in [7, 11) is 0. The zero-order chi connectivity index (χ0) is 13.2. The number of hydrogen-bond donors (Lipinski definition) is 0. The average Bonchev–Trinajstić information content (AvgIpc) is 2.46. The van der Waals surface area contributed by atoms with Gasteiger partial charge < -0.3 is 0 Å². The second kappa shape index (κ2) is 4.78. The minimum atomic E-state index is -0.523. The fourth-order valence-electron chi connectivity index (χ4n) is 2.05. The smallest absolute Gasteiger partial charge is 0.255 e. The van der Waals surface area contributed by atoms with E-state index in [1.807, 2.05) is 48.5 Å². The van der Waals surface area contributed by atoms with E-state index in [2.05, 4.69) is 10.2 Å². The Morgan fingerprint density at radius 1 is 0.895 bits per heavy atom. The number of aromatic nitrogens is 2. The molecule has 0 atom stereocenters. The summed E-state index contributed by atoms with van der Waals surface area (Å²) in [6.07, 6.45) is 0. The van der Waals surface area contributed by atoms with E-state index in [9.17, 15) is 4.79 Å². The fraction of sp³-hybridized carbons (Fsp3) is 0. The zero-order valence-corrected chi connectivity index (χ0v) is 10.6. The number of carbonyl (C=O) groups is 1. The van der Waals surface area contributed by atoms with Gasteiger partial charge in [0.25, 0.3) is 5.24 Å². The molecule has 0 radical (unpaired) electrons. The molecule has 0 bridgehead atoms. The molecule has 0 aliphatic heterocycles. The number of rotatable bonds is 2. The van der Waals surface area contributed by atoms with E-state index in [0.29, 0.717) is 16.8 Å². The van der Waals surface area contributed by atoms with Crippen molar-refractivity contribution < 1.29 is 4.79 Å². The van der Waals surface area contributed by atoms with E-state index in [1.54, 1.807) is 6.07 Å². The third-order valence-corrected chi connectivity index (χ3v) is 3.10. The first-order valence-corrected chi connectivity index (χ1v) is 6.16. The third-order valence-electron chi connectivity index (χ3n) is 2.91. The van der Waals surface area contributed by atoms with Crippen LogP contribution in [0.2, 0.25) is 0 Å². The molecule has 3 rings (SSSR count). The number of halogens is 1. The molecule has 0 unspecified atom stereocenters. The van der Waals surface area contributed by atoms with Crippen molar-refractivity contribution in [3.05, 3.63) is 60.2 Å². The summed E-state index contributed by atoms with van der Waals surface area (Å²) in [6, 6.07) is 16.8. The summed E-state index contributed by atoms with van der Waals surface area (Å²) < 4.78 is 0. The van der Waals surface area contributed by atoms with Gasteiger partial charge in [-0.2, -0.15) is 0 Å². The SMILES string of the molecule is O=C(Cl)c1c(-c2ccccc2)nnc2ccccc12. The molecule has 0 fully saturated rings. The van der Waals surface area contributed by atoms with E-state index in [-0.39, 0.29) is 0 Å². The molecular weight excluding hydrogens is 260 g/mol. The van der Waals surface area contributed by atoms with Crippen LogP contribution in [-0.2, 0) is 0 Å². The van der Waals surface area contributed by atoms with Gasteiger partial charge in [-0.25, -0.2) is 0 Å². The van der Waals surface area contributed by atoms with Crippen LogP contribution in [0.5, 0.6) is 0 Å². The first-order valence-electron chi connectivity index (χ1n) is 5.78. The predicted octanol–water partition coefficient (Wildman–Crippen LogP) is 3.68. The van der Waals surface area contributed by atoms with Crippen LogP contribution in [0, 0.1) is 0 Å². The molecule has 1 aromatic heterocycles. The number of hydrogen-bond acceptors (Lipinski definition) is 3. The number of fused-ring (bicyclic) bond motifs is 1. The highest BCUT2D eigenvalue weighted by Gasteiger charge is 2.17. The predicted molar refractivity (Wildman–Crippen MR) is 75.2 cm³/mol. The molecule has 3 aromatic rings. The van der Waals surface area contributed by atoms with Crippen LogP contribution in [0.15, 0.2) is 54.6 Å². The van der Waals surface area contributed by atoms with E-state index >= 15 is 0 Å². The van der Waals surface area contributed by atoms with Crippen molar-refractivity contribution in [1.29, 1.82) is 0 Å². The van der Waals surface area contributed by atoms with E-state index < -0.39 is 5.24 Å². The van der Waals surface area contributed by atoms with Crippen LogP contribution in [0.1, 0.15) is 10.4 Å². The minimum absolute atomic E-state index is 0.401. The molecule has 3 nitrogen and oxygen atoms in total. The quantitative estimate of drug-likeness (QED) is 0.666. The second-order valence-corrected chi connectivity index (χ2v) is 4.42. The fourth-order valence-corrected chi connectivity index (χ4v) is 2.24. The lowest BCUT2D eigenvalue weighted by molar-refractivity contribution is 0.108. The Bertz CT molecular complexity index is 756. The normalized spacial score (nSPS) is 10.6. The molecule has 4 heteroatoms. The van der Waals surface area contributed by atoms with Crippen molar-refractivity contribution in [3.8, 4) is 11.3 Å². The lowest BCUT2D eigenvalue weighted by atomic mass is 10.0. The molecule has 0 saturated carbocycles. The summed E-state index contributed by atoms with van der Waals surface area (Å²) in [5.41, 5.74) is 2.40. The minimum Gasteiger partial charge on any atom is -0.275 e. The molecule has 0 aliphatic carbocycles. The van der Waals surface area contributed by atoms with Crippen molar-refractivity contribution in [3.63, 3.8) is 0 Å². The highest BCUT2D eigenvalue weighted by molar-refractivity contribution is 6.69. The van der Waals surface area contributed by atoms with Gasteiger partial charge in [-0.15, -0.1) is 10.2 Å². The monoisotopic (exact) mass is 268 g/mol.